The number of carboxylic acids is 1. The number of benzene rings is 1. The van der Waals surface area contributed by atoms with E-state index in [1.165, 1.54) is 6.33 Å². The molecule has 0 bridgehead atoms. The minimum absolute atomic E-state index is 0.0469. The zero-order chi connectivity index (χ0) is 15.0. The third kappa shape index (κ3) is 2.29. The molecule has 21 heavy (non-hydrogen) atoms. The molecular formula is C14H11N3O4. The summed E-state index contributed by atoms with van der Waals surface area (Å²) in [5.74, 6) is -1.13. The van der Waals surface area contributed by atoms with Crippen LogP contribution in [0.5, 0.6) is 0 Å². The Morgan fingerprint density at radius 1 is 1.33 bits per heavy atom. The van der Waals surface area contributed by atoms with E-state index in [2.05, 4.69) is 10.1 Å². The lowest BCUT2D eigenvalue weighted by Crippen LogP contribution is -2.23. The summed E-state index contributed by atoms with van der Waals surface area (Å²) in [5.41, 5.74) is 2.06. The lowest BCUT2D eigenvalue weighted by molar-refractivity contribution is -0.137. The summed E-state index contributed by atoms with van der Waals surface area (Å²) in [5, 5.41) is 12.6. The van der Waals surface area contributed by atoms with Crippen molar-refractivity contribution in [2.24, 2.45) is 0 Å². The fraction of sp³-hybridized carbons (Fsp3) is 0.143. The first-order valence-corrected chi connectivity index (χ1v) is 6.20. The van der Waals surface area contributed by atoms with Gasteiger partial charge in [0.2, 0.25) is 0 Å². The highest BCUT2D eigenvalue weighted by molar-refractivity contribution is 5.87. The fourth-order valence-corrected chi connectivity index (χ4v) is 2.01. The van der Waals surface area contributed by atoms with Gasteiger partial charge in [0, 0.05) is 5.56 Å². The van der Waals surface area contributed by atoms with Crippen LogP contribution in [0.4, 0.5) is 0 Å². The molecule has 0 saturated carbocycles. The molecule has 106 valence electrons. The van der Waals surface area contributed by atoms with Gasteiger partial charge in [0.05, 0.1) is 6.33 Å². The van der Waals surface area contributed by atoms with Gasteiger partial charge in [-0.15, -0.1) is 0 Å². The Balaban J connectivity index is 2.15. The third-order valence-electron chi connectivity index (χ3n) is 3.08. The topological polar surface area (TPSA) is 98.2 Å². The average Bonchev–Trinajstić information content (AvgIpc) is 2.87. The number of aromatic nitrogens is 3. The zero-order valence-corrected chi connectivity index (χ0v) is 11.1. The van der Waals surface area contributed by atoms with Crippen LogP contribution in [0.3, 0.4) is 0 Å². The maximum atomic E-state index is 12.1. The van der Waals surface area contributed by atoms with Crippen molar-refractivity contribution in [3.63, 3.8) is 0 Å². The van der Waals surface area contributed by atoms with Gasteiger partial charge in [-0.25, -0.2) is 4.98 Å². The number of hydrogen-bond acceptors (Lipinski definition) is 5. The van der Waals surface area contributed by atoms with E-state index >= 15 is 0 Å². The summed E-state index contributed by atoms with van der Waals surface area (Å²) in [6.07, 6.45) is 1.19. The third-order valence-corrected chi connectivity index (χ3v) is 3.08. The Bertz CT molecular complexity index is 877. The lowest BCUT2D eigenvalue weighted by Gasteiger charge is -2.00. The molecule has 0 saturated heterocycles. The second-order valence-corrected chi connectivity index (χ2v) is 4.65. The molecule has 7 nitrogen and oxygen atoms in total. The molecule has 3 rings (SSSR count). The molecule has 0 unspecified atom stereocenters. The zero-order valence-electron chi connectivity index (χ0n) is 11.1. The number of fused-ring (bicyclic) bond motifs is 1. The highest BCUT2D eigenvalue weighted by Gasteiger charge is 2.16. The summed E-state index contributed by atoms with van der Waals surface area (Å²) in [6.45, 7) is 1.50. The molecule has 2 aromatic heterocycles. The molecule has 0 amide bonds. The Hall–Kier alpha value is -2.96. The van der Waals surface area contributed by atoms with Gasteiger partial charge in [-0.2, -0.15) is 0 Å². The van der Waals surface area contributed by atoms with E-state index < -0.39 is 18.1 Å². The second-order valence-electron chi connectivity index (χ2n) is 4.65. The Kier molecular flexibility index (Phi) is 3.02. The fourth-order valence-electron chi connectivity index (χ4n) is 2.01. The van der Waals surface area contributed by atoms with E-state index in [-0.39, 0.29) is 5.58 Å². The van der Waals surface area contributed by atoms with Gasteiger partial charge < -0.3 is 9.63 Å². The van der Waals surface area contributed by atoms with Crippen LogP contribution in [0.25, 0.3) is 22.4 Å². The van der Waals surface area contributed by atoms with Crippen molar-refractivity contribution < 1.29 is 14.4 Å². The van der Waals surface area contributed by atoms with Crippen LogP contribution in [-0.2, 0) is 11.3 Å². The largest absolute Gasteiger partial charge is 0.480 e. The van der Waals surface area contributed by atoms with Crippen LogP contribution in [-0.4, -0.2) is 25.8 Å². The van der Waals surface area contributed by atoms with E-state index in [0.29, 0.717) is 11.2 Å². The summed E-state index contributed by atoms with van der Waals surface area (Å²) in [6, 6.07) is 7.55. The summed E-state index contributed by atoms with van der Waals surface area (Å²) in [4.78, 5) is 26.9. The van der Waals surface area contributed by atoms with Crippen LogP contribution in [0.1, 0.15) is 5.56 Å². The van der Waals surface area contributed by atoms with E-state index in [1.54, 1.807) is 0 Å². The van der Waals surface area contributed by atoms with Crippen LogP contribution in [0.2, 0.25) is 0 Å². The van der Waals surface area contributed by atoms with Crippen molar-refractivity contribution in [1.29, 1.82) is 0 Å². The minimum atomic E-state index is -1.13. The van der Waals surface area contributed by atoms with E-state index in [1.807, 2.05) is 31.2 Å². The minimum Gasteiger partial charge on any atom is -0.480 e. The van der Waals surface area contributed by atoms with Crippen molar-refractivity contribution in [3.05, 3.63) is 46.5 Å². The van der Waals surface area contributed by atoms with Crippen molar-refractivity contribution in [3.8, 4) is 11.3 Å². The molecule has 2 heterocycles. The molecule has 1 N–H and O–H groups in total. The Morgan fingerprint density at radius 2 is 2.05 bits per heavy atom. The van der Waals surface area contributed by atoms with Crippen molar-refractivity contribution in [2.75, 3.05) is 0 Å². The number of carbonyl (C=O) groups is 1. The predicted octanol–water partition coefficient (Wildman–Crippen LogP) is 1.44. The predicted molar refractivity (Wildman–Crippen MR) is 73.9 cm³/mol. The normalized spacial score (nSPS) is 10.9. The first-order valence-electron chi connectivity index (χ1n) is 6.20. The molecule has 0 aliphatic carbocycles. The van der Waals surface area contributed by atoms with Crippen LogP contribution >= 0.6 is 0 Å². The summed E-state index contributed by atoms with van der Waals surface area (Å²) < 4.78 is 6.01. The highest BCUT2D eigenvalue weighted by atomic mass is 16.5. The monoisotopic (exact) mass is 285 g/mol. The van der Waals surface area contributed by atoms with E-state index in [0.717, 1.165) is 15.7 Å². The highest BCUT2D eigenvalue weighted by Crippen LogP contribution is 2.24. The standard InChI is InChI=1S/C14H11N3O4/c1-8-2-4-9(5-3-8)11-12-13(21-16-11)14(20)17(7-15-12)6-10(18)19/h2-5,7H,6H2,1H3,(H,18,19). The molecule has 0 radical (unpaired) electrons. The maximum absolute atomic E-state index is 12.1. The van der Waals surface area contributed by atoms with Gasteiger partial charge in [0.1, 0.15) is 17.8 Å². The number of aliphatic carboxylic acids is 1. The van der Waals surface area contributed by atoms with Crippen LogP contribution < -0.4 is 5.56 Å². The van der Waals surface area contributed by atoms with Gasteiger partial charge in [-0.05, 0) is 6.92 Å². The van der Waals surface area contributed by atoms with Crippen molar-refractivity contribution in [1.82, 2.24) is 14.7 Å². The molecule has 0 aliphatic rings. The maximum Gasteiger partial charge on any atom is 0.323 e. The van der Waals surface area contributed by atoms with E-state index in [9.17, 15) is 9.59 Å². The number of hydrogen-bond donors (Lipinski definition) is 1. The molecule has 7 heteroatoms. The lowest BCUT2D eigenvalue weighted by atomic mass is 10.1. The summed E-state index contributed by atoms with van der Waals surface area (Å²) >= 11 is 0. The van der Waals surface area contributed by atoms with Gasteiger partial charge in [-0.1, -0.05) is 35.0 Å². The quantitative estimate of drug-likeness (QED) is 0.782. The number of rotatable bonds is 3. The SMILES string of the molecule is Cc1ccc(-c2noc3c(=O)n(CC(=O)O)cnc23)cc1. The Morgan fingerprint density at radius 3 is 2.71 bits per heavy atom. The van der Waals surface area contributed by atoms with Crippen LogP contribution in [0, 0.1) is 6.92 Å². The number of aryl methyl sites for hydroxylation is 1. The molecular weight excluding hydrogens is 274 g/mol. The van der Waals surface area contributed by atoms with Gasteiger partial charge >= 0.3 is 5.97 Å². The molecule has 3 aromatic rings. The van der Waals surface area contributed by atoms with Gasteiger partial charge in [0.15, 0.2) is 0 Å². The molecule has 0 atom stereocenters. The van der Waals surface area contributed by atoms with Gasteiger partial charge in [-0.3, -0.25) is 14.2 Å². The van der Waals surface area contributed by atoms with Crippen LogP contribution in [0.15, 0.2) is 39.9 Å². The number of nitrogens with zero attached hydrogens (tertiary/aromatic N) is 3. The number of carboxylic acid groups (broad SMARTS) is 1. The van der Waals surface area contributed by atoms with Crippen molar-refractivity contribution in [2.45, 2.75) is 13.5 Å². The first kappa shape index (κ1) is 13.0. The average molecular weight is 285 g/mol. The van der Waals surface area contributed by atoms with Crippen molar-refractivity contribution >= 4 is 17.1 Å². The molecule has 0 fully saturated rings. The van der Waals surface area contributed by atoms with Gasteiger partial charge in [0.25, 0.3) is 11.1 Å². The Labute approximate surface area is 118 Å². The molecule has 0 aliphatic heterocycles. The van der Waals surface area contributed by atoms with E-state index in [4.69, 9.17) is 9.63 Å². The smallest absolute Gasteiger partial charge is 0.323 e. The molecule has 1 aromatic carbocycles. The summed E-state index contributed by atoms with van der Waals surface area (Å²) in [7, 11) is 0. The first-order chi connectivity index (χ1) is 10.1. The second kappa shape index (κ2) is 4.86. The molecule has 0 spiro atoms.